The van der Waals surface area contributed by atoms with Crippen LogP contribution in [-0.2, 0) is 0 Å². The molecule has 1 aliphatic carbocycles. The lowest BCUT2D eigenvalue weighted by Crippen LogP contribution is -2.16. The van der Waals surface area contributed by atoms with E-state index >= 15 is 0 Å². The first-order chi connectivity index (χ1) is 9.56. The Balaban J connectivity index is 1.88. The Labute approximate surface area is 125 Å². The molecule has 1 unspecified atom stereocenters. The summed E-state index contributed by atoms with van der Waals surface area (Å²) in [6, 6.07) is 5.92. The van der Waals surface area contributed by atoms with Crippen LogP contribution in [0.15, 0.2) is 33.0 Å². The minimum atomic E-state index is -0.145. The molecule has 0 bridgehead atoms. The average Bonchev–Trinajstić information content (AvgIpc) is 3.15. The van der Waals surface area contributed by atoms with Crippen LogP contribution in [-0.4, -0.2) is 14.8 Å². The molecule has 3 rings (SSSR count). The Kier molecular flexibility index (Phi) is 3.62. The molecule has 20 heavy (non-hydrogen) atoms. The molecule has 1 fully saturated rings. The van der Waals surface area contributed by atoms with Crippen LogP contribution in [0.3, 0.4) is 0 Å². The monoisotopic (exact) mass is 310 g/mol. The van der Waals surface area contributed by atoms with Gasteiger partial charge in [0, 0.05) is 22.0 Å². The van der Waals surface area contributed by atoms with Crippen molar-refractivity contribution in [1.29, 1.82) is 0 Å². The Morgan fingerprint density at radius 1 is 1.55 bits per heavy atom. The molecule has 106 valence electrons. The van der Waals surface area contributed by atoms with Gasteiger partial charge in [0.05, 0.1) is 0 Å². The van der Waals surface area contributed by atoms with E-state index in [0.29, 0.717) is 16.2 Å². The minimum Gasteiger partial charge on any atom is -0.324 e. The summed E-state index contributed by atoms with van der Waals surface area (Å²) in [5.74, 6) is 0. The zero-order valence-electron chi connectivity index (χ0n) is 11.0. The third-order valence-electron chi connectivity index (χ3n) is 3.26. The number of hydrogen-bond donors (Lipinski definition) is 2. The van der Waals surface area contributed by atoms with Crippen molar-refractivity contribution >= 4 is 23.4 Å². The van der Waals surface area contributed by atoms with Gasteiger partial charge in [-0.05, 0) is 49.2 Å². The first kappa shape index (κ1) is 13.7. The van der Waals surface area contributed by atoms with Crippen molar-refractivity contribution in [3.8, 4) is 0 Å². The summed E-state index contributed by atoms with van der Waals surface area (Å²) in [6.07, 6.45) is 2.08. The highest BCUT2D eigenvalue weighted by molar-refractivity contribution is 7.99. The summed E-state index contributed by atoms with van der Waals surface area (Å²) in [6.45, 7) is 1.90. The molecule has 0 aliphatic heterocycles. The van der Waals surface area contributed by atoms with Gasteiger partial charge in [-0.1, -0.05) is 17.7 Å². The molecule has 1 aromatic carbocycles. The summed E-state index contributed by atoms with van der Waals surface area (Å²) < 4.78 is 1.72. The molecule has 0 spiro atoms. The fourth-order valence-corrected chi connectivity index (χ4v) is 3.43. The molecule has 1 aliphatic rings. The van der Waals surface area contributed by atoms with Gasteiger partial charge in [-0.2, -0.15) is 0 Å². The Hall–Kier alpha value is -1.24. The molecule has 1 aromatic heterocycles. The molecular weight excluding hydrogens is 296 g/mol. The SMILES string of the molecule is CC(N)c1ccc(Sc2n[nH]c(=O)n2C2CC2)cc1Cl. The van der Waals surface area contributed by atoms with Crippen molar-refractivity contribution in [2.24, 2.45) is 5.73 Å². The lowest BCUT2D eigenvalue weighted by Gasteiger charge is -2.09. The maximum atomic E-state index is 11.7. The number of rotatable bonds is 4. The fraction of sp³-hybridized carbons (Fsp3) is 0.385. The lowest BCUT2D eigenvalue weighted by molar-refractivity contribution is 0.642. The zero-order chi connectivity index (χ0) is 14.3. The van der Waals surface area contributed by atoms with Gasteiger partial charge in [0.25, 0.3) is 0 Å². The van der Waals surface area contributed by atoms with Crippen LogP contribution in [0.4, 0.5) is 0 Å². The summed E-state index contributed by atoms with van der Waals surface area (Å²) in [5, 5.41) is 7.91. The molecule has 5 nitrogen and oxygen atoms in total. The predicted molar refractivity (Wildman–Crippen MR) is 79.3 cm³/mol. The first-order valence-corrected chi connectivity index (χ1v) is 7.65. The Morgan fingerprint density at radius 2 is 2.30 bits per heavy atom. The van der Waals surface area contributed by atoms with Crippen molar-refractivity contribution in [3.63, 3.8) is 0 Å². The second kappa shape index (κ2) is 5.27. The highest BCUT2D eigenvalue weighted by Crippen LogP contribution is 2.38. The van der Waals surface area contributed by atoms with E-state index < -0.39 is 0 Å². The second-order valence-electron chi connectivity index (χ2n) is 4.99. The van der Waals surface area contributed by atoms with Crippen LogP contribution in [0.25, 0.3) is 0 Å². The number of nitrogens with one attached hydrogen (secondary N) is 1. The van der Waals surface area contributed by atoms with Gasteiger partial charge in [-0.25, -0.2) is 9.89 Å². The average molecular weight is 311 g/mol. The molecule has 1 heterocycles. The van der Waals surface area contributed by atoms with Gasteiger partial charge in [-0.3, -0.25) is 4.57 Å². The number of benzene rings is 1. The largest absolute Gasteiger partial charge is 0.344 e. The van der Waals surface area contributed by atoms with Crippen LogP contribution in [0, 0.1) is 0 Å². The van der Waals surface area contributed by atoms with E-state index in [1.54, 1.807) is 4.57 Å². The van der Waals surface area contributed by atoms with Crippen molar-refractivity contribution < 1.29 is 0 Å². The maximum Gasteiger partial charge on any atom is 0.344 e. The topological polar surface area (TPSA) is 76.7 Å². The zero-order valence-corrected chi connectivity index (χ0v) is 12.5. The molecule has 0 radical (unpaired) electrons. The Morgan fingerprint density at radius 3 is 2.90 bits per heavy atom. The third-order valence-corrected chi connectivity index (χ3v) is 4.54. The predicted octanol–water partition coefficient (Wildman–Crippen LogP) is 2.73. The van der Waals surface area contributed by atoms with Crippen LogP contribution >= 0.6 is 23.4 Å². The number of aromatic amines is 1. The van der Waals surface area contributed by atoms with E-state index in [0.717, 1.165) is 23.3 Å². The van der Waals surface area contributed by atoms with Crippen LogP contribution in [0.5, 0.6) is 0 Å². The Bertz CT molecular complexity index is 690. The molecule has 0 saturated heterocycles. The second-order valence-corrected chi connectivity index (χ2v) is 6.43. The standard InChI is InChI=1S/C13H15ClN4OS/c1-7(15)10-5-4-9(6-11(10)14)20-13-17-16-12(19)18(13)8-2-3-8/h4-8H,2-3,15H2,1H3,(H,16,19). The summed E-state index contributed by atoms with van der Waals surface area (Å²) in [5.41, 5.74) is 6.61. The van der Waals surface area contributed by atoms with Gasteiger partial charge >= 0.3 is 5.69 Å². The number of nitrogens with two attached hydrogens (primary N) is 1. The van der Waals surface area contributed by atoms with Gasteiger partial charge in [0.1, 0.15) is 0 Å². The maximum absolute atomic E-state index is 11.7. The van der Waals surface area contributed by atoms with Gasteiger partial charge in [-0.15, -0.1) is 5.10 Å². The third kappa shape index (κ3) is 2.63. The van der Waals surface area contributed by atoms with Crippen LogP contribution in [0.2, 0.25) is 5.02 Å². The number of aromatic nitrogens is 3. The van der Waals surface area contributed by atoms with Crippen molar-refractivity contribution in [2.75, 3.05) is 0 Å². The van der Waals surface area contributed by atoms with Gasteiger partial charge < -0.3 is 5.73 Å². The van der Waals surface area contributed by atoms with Crippen LogP contribution < -0.4 is 11.4 Å². The number of nitrogens with zero attached hydrogens (tertiary/aromatic N) is 2. The van der Waals surface area contributed by atoms with Crippen molar-refractivity contribution in [2.45, 2.75) is 41.9 Å². The van der Waals surface area contributed by atoms with E-state index in [1.165, 1.54) is 11.8 Å². The molecule has 1 saturated carbocycles. The molecule has 0 amide bonds. The first-order valence-electron chi connectivity index (χ1n) is 6.46. The van der Waals surface area contributed by atoms with Crippen molar-refractivity contribution in [1.82, 2.24) is 14.8 Å². The molecule has 1 atom stereocenters. The molecular formula is C13H15ClN4OS. The number of hydrogen-bond acceptors (Lipinski definition) is 4. The van der Waals surface area contributed by atoms with Crippen molar-refractivity contribution in [3.05, 3.63) is 39.3 Å². The summed E-state index contributed by atoms with van der Waals surface area (Å²) in [7, 11) is 0. The summed E-state index contributed by atoms with van der Waals surface area (Å²) >= 11 is 7.65. The van der Waals surface area contributed by atoms with E-state index in [9.17, 15) is 4.79 Å². The van der Waals surface area contributed by atoms with E-state index in [1.807, 2.05) is 25.1 Å². The van der Waals surface area contributed by atoms with E-state index in [-0.39, 0.29) is 11.7 Å². The molecule has 7 heteroatoms. The van der Waals surface area contributed by atoms with Gasteiger partial charge in [0.15, 0.2) is 5.16 Å². The number of halogens is 1. The molecule has 2 aromatic rings. The highest BCUT2D eigenvalue weighted by atomic mass is 35.5. The number of H-pyrrole nitrogens is 1. The summed E-state index contributed by atoms with van der Waals surface area (Å²) in [4.78, 5) is 12.7. The van der Waals surface area contributed by atoms with Gasteiger partial charge in [0.2, 0.25) is 0 Å². The minimum absolute atomic E-state index is 0.100. The van der Waals surface area contributed by atoms with E-state index in [2.05, 4.69) is 10.2 Å². The molecule has 3 N–H and O–H groups in total. The lowest BCUT2D eigenvalue weighted by atomic mass is 10.1. The highest BCUT2D eigenvalue weighted by Gasteiger charge is 2.28. The van der Waals surface area contributed by atoms with E-state index in [4.69, 9.17) is 17.3 Å². The van der Waals surface area contributed by atoms with Crippen LogP contribution in [0.1, 0.15) is 37.4 Å². The quantitative estimate of drug-likeness (QED) is 0.910. The smallest absolute Gasteiger partial charge is 0.324 e. The normalized spacial score (nSPS) is 16.4. The fourth-order valence-electron chi connectivity index (χ4n) is 2.06.